The third-order valence-corrected chi connectivity index (χ3v) is 4.06. The maximum atomic E-state index is 12.4. The van der Waals surface area contributed by atoms with Gasteiger partial charge in [-0.25, -0.2) is 4.79 Å². The Hall–Kier alpha value is -2.04. The Balaban J connectivity index is 2.47. The lowest BCUT2D eigenvalue weighted by Gasteiger charge is -2.23. The molecule has 2 amide bonds. The fourth-order valence-corrected chi connectivity index (χ4v) is 2.26. The van der Waals surface area contributed by atoms with Crippen molar-refractivity contribution in [3.05, 3.63) is 35.9 Å². The van der Waals surface area contributed by atoms with Crippen LogP contribution in [0.25, 0.3) is 0 Å². The van der Waals surface area contributed by atoms with Gasteiger partial charge in [-0.3, -0.25) is 4.79 Å². The van der Waals surface area contributed by atoms with Crippen molar-refractivity contribution in [3.8, 4) is 0 Å². The Labute approximate surface area is 145 Å². The van der Waals surface area contributed by atoms with Crippen LogP contribution < -0.4 is 10.6 Å². The predicted octanol–water partition coefficient (Wildman–Crippen LogP) is 3.29. The van der Waals surface area contributed by atoms with Gasteiger partial charge in [-0.15, -0.1) is 0 Å². The van der Waals surface area contributed by atoms with Gasteiger partial charge in [-0.05, 0) is 24.3 Å². The molecule has 0 aromatic heterocycles. The maximum absolute atomic E-state index is 12.4. The second-order valence-corrected chi connectivity index (χ2v) is 6.02. The van der Waals surface area contributed by atoms with Crippen LogP contribution in [0.1, 0.15) is 45.6 Å². The van der Waals surface area contributed by atoms with E-state index in [1.54, 1.807) is 0 Å². The third-order valence-electron chi connectivity index (χ3n) is 4.06. The van der Waals surface area contributed by atoms with Crippen LogP contribution in [-0.2, 0) is 16.0 Å². The van der Waals surface area contributed by atoms with Crippen LogP contribution in [0.5, 0.6) is 0 Å². The number of amides is 2. The molecule has 5 nitrogen and oxygen atoms in total. The van der Waals surface area contributed by atoms with E-state index in [0.717, 1.165) is 25.7 Å². The molecule has 2 atom stereocenters. The minimum Gasteiger partial charge on any atom is -0.450 e. The number of nitrogens with one attached hydrogen (secondary N) is 2. The van der Waals surface area contributed by atoms with Crippen LogP contribution in [0.15, 0.2) is 30.3 Å². The van der Waals surface area contributed by atoms with Crippen molar-refractivity contribution in [2.24, 2.45) is 5.92 Å². The molecule has 0 saturated heterocycles. The molecule has 1 rings (SSSR count). The van der Waals surface area contributed by atoms with Crippen molar-refractivity contribution in [2.45, 2.75) is 52.5 Å². The minimum atomic E-state index is -0.570. The van der Waals surface area contributed by atoms with E-state index >= 15 is 0 Å². The Kier molecular flexibility index (Phi) is 9.58. The monoisotopic (exact) mass is 334 g/mol. The van der Waals surface area contributed by atoms with Crippen LogP contribution in [0.3, 0.4) is 0 Å². The van der Waals surface area contributed by atoms with E-state index in [2.05, 4.69) is 10.6 Å². The molecule has 0 bridgehead atoms. The number of unbranched alkanes of at least 4 members (excludes halogenated alkanes) is 1. The lowest BCUT2D eigenvalue weighted by Crippen LogP contribution is -2.50. The molecule has 0 radical (unpaired) electrons. The zero-order valence-corrected chi connectivity index (χ0v) is 15.0. The van der Waals surface area contributed by atoms with E-state index in [9.17, 15) is 9.59 Å². The fraction of sp³-hybridized carbons (Fsp3) is 0.579. The molecule has 0 heterocycles. The summed E-state index contributed by atoms with van der Waals surface area (Å²) >= 11 is 0. The van der Waals surface area contributed by atoms with Gasteiger partial charge in [0, 0.05) is 6.54 Å². The molecular weight excluding hydrogens is 304 g/mol. The van der Waals surface area contributed by atoms with Crippen molar-refractivity contribution in [1.29, 1.82) is 0 Å². The first kappa shape index (κ1) is 20.0. The molecule has 1 unspecified atom stereocenters. The van der Waals surface area contributed by atoms with E-state index in [-0.39, 0.29) is 11.8 Å². The van der Waals surface area contributed by atoms with Crippen molar-refractivity contribution >= 4 is 12.0 Å². The average molecular weight is 334 g/mol. The third kappa shape index (κ3) is 7.49. The summed E-state index contributed by atoms with van der Waals surface area (Å²) in [7, 11) is 0. The van der Waals surface area contributed by atoms with Crippen LogP contribution in [0, 0.1) is 5.92 Å². The summed E-state index contributed by atoms with van der Waals surface area (Å²) in [5.41, 5.74) is 1.17. The van der Waals surface area contributed by atoms with E-state index in [0.29, 0.717) is 13.2 Å². The lowest BCUT2D eigenvalue weighted by molar-refractivity contribution is -0.124. The van der Waals surface area contributed by atoms with Gasteiger partial charge in [-0.1, -0.05) is 63.9 Å². The number of alkyl carbamates (subject to hydrolysis) is 1. The van der Waals surface area contributed by atoms with Gasteiger partial charge in [0.1, 0.15) is 6.04 Å². The number of carbonyl (C=O) groups is 2. The molecule has 1 aromatic carbocycles. The normalized spacial score (nSPS) is 13.0. The van der Waals surface area contributed by atoms with Crippen molar-refractivity contribution in [2.75, 3.05) is 13.2 Å². The summed E-state index contributed by atoms with van der Waals surface area (Å²) < 4.78 is 5.10. The van der Waals surface area contributed by atoms with Crippen LogP contribution in [0.4, 0.5) is 4.79 Å². The number of hydrogen-bond donors (Lipinski definition) is 2. The molecule has 24 heavy (non-hydrogen) atoms. The van der Waals surface area contributed by atoms with Gasteiger partial charge in [-0.2, -0.15) is 0 Å². The van der Waals surface area contributed by atoms with Gasteiger partial charge in [0.2, 0.25) is 5.91 Å². The Morgan fingerprint density at radius 1 is 1.17 bits per heavy atom. The van der Waals surface area contributed by atoms with E-state index in [1.165, 1.54) is 5.56 Å². The zero-order chi connectivity index (χ0) is 17.8. The molecule has 2 N–H and O–H groups in total. The molecule has 0 fully saturated rings. The largest absolute Gasteiger partial charge is 0.450 e. The molecule has 0 spiro atoms. The van der Waals surface area contributed by atoms with Gasteiger partial charge in [0.15, 0.2) is 0 Å². The van der Waals surface area contributed by atoms with E-state index in [4.69, 9.17) is 4.74 Å². The number of ether oxygens (including phenoxy) is 1. The first-order valence-electron chi connectivity index (χ1n) is 8.83. The summed E-state index contributed by atoms with van der Waals surface area (Å²) in [6.45, 7) is 6.91. The Bertz CT molecular complexity index is 491. The lowest BCUT2D eigenvalue weighted by atomic mass is 9.98. The van der Waals surface area contributed by atoms with Crippen molar-refractivity contribution in [3.63, 3.8) is 0 Å². The quantitative estimate of drug-likeness (QED) is 0.645. The fourth-order valence-electron chi connectivity index (χ4n) is 2.26. The topological polar surface area (TPSA) is 67.4 Å². The number of benzene rings is 1. The maximum Gasteiger partial charge on any atom is 0.407 e. The second-order valence-electron chi connectivity index (χ2n) is 6.02. The summed E-state index contributed by atoms with van der Waals surface area (Å²) in [4.78, 5) is 24.3. The summed E-state index contributed by atoms with van der Waals surface area (Å²) in [6.07, 6.45) is 2.83. The van der Waals surface area contributed by atoms with Crippen LogP contribution >= 0.6 is 0 Å². The van der Waals surface area contributed by atoms with E-state index in [1.807, 2.05) is 51.1 Å². The highest BCUT2D eigenvalue weighted by molar-refractivity contribution is 5.85. The van der Waals surface area contributed by atoms with Crippen LogP contribution in [0.2, 0.25) is 0 Å². The molecule has 0 aliphatic heterocycles. The number of carbonyl (C=O) groups excluding carboxylic acids is 2. The van der Waals surface area contributed by atoms with Gasteiger partial charge in [0.25, 0.3) is 0 Å². The molecule has 0 saturated carbocycles. The van der Waals surface area contributed by atoms with Gasteiger partial charge >= 0.3 is 6.09 Å². The average Bonchev–Trinajstić information content (AvgIpc) is 2.60. The van der Waals surface area contributed by atoms with Crippen LogP contribution in [-0.4, -0.2) is 31.2 Å². The molecule has 5 heteroatoms. The molecule has 0 aliphatic carbocycles. The van der Waals surface area contributed by atoms with Crippen molar-refractivity contribution < 1.29 is 14.3 Å². The molecular formula is C19H30N2O3. The van der Waals surface area contributed by atoms with Gasteiger partial charge < -0.3 is 15.4 Å². The smallest absolute Gasteiger partial charge is 0.407 e. The highest BCUT2D eigenvalue weighted by Crippen LogP contribution is 2.08. The molecule has 134 valence electrons. The number of rotatable bonds is 10. The SMILES string of the molecule is CCCCOC(=O)N[C@H](C(=O)NCCc1ccccc1)C(C)CC. The standard InChI is InChI=1S/C19H30N2O3/c1-4-6-14-24-19(23)21-17(15(3)5-2)18(22)20-13-12-16-10-8-7-9-11-16/h7-11,15,17H,4-6,12-14H2,1-3H3,(H,20,22)(H,21,23)/t15?,17-/m0/s1. The molecule has 0 aliphatic rings. The minimum absolute atomic E-state index is 0.0421. The molecule has 1 aromatic rings. The summed E-state index contributed by atoms with van der Waals surface area (Å²) in [5, 5.41) is 5.61. The Morgan fingerprint density at radius 3 is 2.50 bits per heavy atom. The highest BCUT2D eigenvalue weighted by Gasteiger charge is 2.26. The Morgan fingerprint density at radius 2 is 1.88 bits per heavy atom. The second kappa shape index (κ2) is 11.5. The predicted molar refractivity (Wildman–Crippen MR) is 95.8 cm³/mol. The summed E-state index contributed by atoms with van der Waals surface area (Å²) in [5.74, 6) is -0.117. The summed E-state index contributed by atoms with van der Waals surface area (Å²) in [6, 6.07) is 9.41. The van der Waals surface area contributed by atoms with Crippen molar-refractivity contribution in [1.82, 2.24) is 10.6 Å². The highest BCUT2D eigenvalue weighted by atomic mass is 16.5. The number of hydrogen-bond acceptors (Lipinski definition) is 3. The first-order chi connectivity index (χ1) is 11.6. The first-order valence-corrected chi connectivity index (χ1v) is 8.83. The van der Waals surface area contributed by atoms with Gasteiger partial charge in [0.05, 0.1) is 6.61 Å². The van der Waals surface area contributed by atoms with E-state index < -0.39 is 12.1 Å². The zero-order valence-electron chi connectivity index (χ0n) is 15.0.